The molecule has 0 saturated heterocycles. The van der Waals surface area contributed by atoms with E-state index in [2.05, 4.69) is 10.6 Å². The highest BCUT2D eigenvalue weighted by Crippen LogP contribution is 2.07. The quantitative estimate of drug-likeness (QED) is 0.357. The normalized spacial score (nSPS) is 11.4. The molecule has 1 rings (SSSR count). The molecule has 0 unspecified atom stereocenters. The number of rotatable bonds is 12. The molecule has 27 heavy (non-hydrogen) atoms. The second-order valence-corrected chi connectivity index (χ2v) is 7.41. The SMILES string of the molecule is NC(=O)[C@H](Cc1ccccc1)NC(=O)CCCCCNC(=O)CSC(=O)Cl. The molecule has 1 aromatic rings. The highest BCUT2D eigenvalue weighted by molar-refractivity contribution is 8.16. The van der Waals surface area contributed by atoms with Gasteiger partial charge in [-0.15, -0.1) is 0 Å². The van der Waals surface area contributed by atoms with Crippen LogP contribution >= 0.6 is 23.4 Å². The Balaban J connectivity index is 2.19. The first-order chi connectivity index (χ1) is 12.9. The lowest BCUT2D eigenvalue weighted by molar-refractivity contribution is -0.127. The van der Waals surface area contributed by atoms with Gasteiger partial charge in [-0.05, 0) is 30.0 Å². The van der Waals surface area contributed by atoms with Gasteiger partial charge in [0.25, 0.3) is 4.57 Å². The maximum absolute atomic E-state index is 12.0. The average molecular weight is 414 g/mol. The van der Waals surface area contributed by atoms with Gasteiger partial charge in [-0.3, -0.25) is 19.2 Å². The summed E-state index contributed by atoms with van der Waals surface area (Å²) in [6, 6.07) is 8.61. The Kier molecular flexibility index (Phi) is 11.2. The summed E-state index contributed by atoms with van der Waals surface area (Å²) in [5.41, 5.74) is 6.30. The third-order valence-electron chi connectivity index (χ3n) is 3.68. The van der Waals surface area contributed by atoms with Crippen LogP contribution in [0.15, 0.2) is 30.3 Å². The molecule has 0 aliphatic carbocycles. The van der Waals surface area contributed by atoms with Crippen LogP contribution in [0.2, 0.25) is 0 Å². The lowest BCUT2D eigenvalue weighted by Crippen LogP contribution is -2.45. The summed E-state index contributed by atoms with van der Waals surface area (Å²) in [7, 11) is 0. The number of carbonyl (C=O) groups excluding carboxylic acids is 4. The van der Waals surface area contributed by atoms with Gasteiger partial charge in [0.05, 0.1) is 5.75 Å². The van der Waals surface area contributed by atoms with E-state index in [1.54, 1.807) is 0 Å². The molecule has 0 fully saturated rings. The van der Waals surface area contributed by atoms with Crippen LogP contribution in [-0.4, -0.2) is 40.6 Å². The van der Waals surface area contributed by atoms with E-state index < -0.39 is 16.5 Å². The summed E-state index contributed by atoms with van der Waals surface area (Å²) in [5, 5.41) is 5.34. The van der Waals surface area contributed by atoms with E-state index in [0.717, 1.165) is 23.7 Å². The Morgan fingerprint density at radius 1 is 1.04 bits per heavy atom. The predicted molar refractivity (Wildman–Crippen MR) is 106 cm³/mol. The fraction of sp³-hybridized carbons (Fsp3) is 0.444. The minimum absolute atomic E-state index is 0.000654. The Bertz CT molecular complexity index is 643. The summed E-state index contributed by atoms with van der Waals surface area (Å²) in [6.45, 7) is 0.468. The molecule has 0 spiro atoms. The Hall–Kier alpha value is -2.06. The van der Waals surface area contributed by atoms with E-state index >= 15 is 0 Å². The molecule has 4 N–H and O–H groups in total. The number of benzene rings is 1. The smallest absolute Gasteiger partial charge is 0.280 e. The minimum atomic E-state index is -0.735. The van der Waals surface area contributed by atoms with Gasteiger partial charge in [0.15, 0.2) is 0 Å². The van der Waals surface area contributed by atoms with Crippen molar-refractivity contribution in [2.75, 3.05) is 12.3 Å². The van der Waals surface area contributed by atoms with Crippen molar-refractivity contribution in [2.24, 2.45) is 5.73 Å². The molecule has 0 aliphatic rings. The Morgan fingerprint density at radius 3 is 2.37 bits per heavy atom. The molecule has 1 atom stereocenters. The maximum atomic E-state index is 12.0. The van der Waals surface area contributed by atoms with Gasteiger partial charge < -0.3 is 16.4 Å². The zero-order valence-electron chi connectivity index (χ0n) is 14.9. The maximum Gasteiger partial charge on any atom is 0.280 e. The van der Waals surface area contributed by atoms with Crippen molar-refractivity contribution < 1.29 is 19.2 Å². The molecular formula is C18H24ClN3O4S. The number of carbonyl (C=O) groups is 4. The summed E-state index contributed by atoms with van der Waals surface area (Å²) < 4.78 is -0.613. The number of halogens is 1. The van der Waals surface area contributed by atoms with E-state index in [1.807, 2.05) is 30.3 Å². The molecule has 148 valence electrons. The zero-order chi connectivity index (χ0) is 20.1. The summed E-state index contributed by atoms with van der Waals surface area (Å²) in [4.78, 5) is 45.5. The highest BCUT2D eigenvalue weighted by atomic mass is 35.5. The van der Waals surface area contributed by atoms with E-state index in [1.165, 1.54) is 0 Å². The van der Waals surface area contributed by atoms with Gasteiger partial charge in [-0.1, -0.05) is 48.5 Å². The van der Waals surface area contributed by atoms with Crippen molar-refractivity contribution in [3.63, 3.8) is 0 Å². The molecule has 0 saturated carbocycles. The average Bonchev–Trinajstić information content (AvgIpc) is 2.63. The number of amides is 3. The summed E-state index contributed by atoms with van der Waals surface area (Å²) in [6.07, 6.45) is 2.73. The van der Waals surface area contributed by atoms with Crippen LogP contribution in [-0.2, 0) is 20.8 Å². The molecule has 0 radical (unpaired) electrons. The van der Waals surface area contributed by atoms with Crippen LogP contribution < -0.4 is 16.4 Å². The second-order valence-electron chi connectivity index (χ2n) is 5.90. The van der Waals surface area contributed by atoms with Gasteiger partial charge in [-0.2, -0.15) is 0 Å². The van der Waals surface area contributed by atoms with Crippen molar-refractivity contribution in [1.29, 1.82) is 0 Å². The molecule has 7 nitrogen and oxygen atoms in total. The Morgan fingerprint density at radius 2 is 1.74 bits per heavy atom. The lowest BCUT2D eigenvalue weighted by Gasteiger charge is -2.15. The van der Waals surface area contributed by atoms with E-state index in [0.29, 0.717) is 25.8 Å². The highest BCUT2D eigenvalue weighted by Gasteiger charge is 2.18. The van der Waals surface area contributed by atoms with Gasteiger partial charge >= 0.3 is 0 Å². The molecule has 3 amide bonds. The van der Waals surface area contributed by atoms with Crippen LogP contribution in [0.5, 0.6) is 0 Å². The second kappa shape index (κ2) is 13.2. The van der Waals surface area contributed by atoms with Gasteiger partial charge in [0.2, 0.25) is 17.7 Å². The standard InChI is InChI=1S/C18H24ClN3O4S/c19-18(26)27-12-16(24)21-10-6-2-5-9-15(23)22-14(17(20)25)11-13-7-3-1-4-8-13/h1,3-4,7-8,14H,2,5-6,9-12H2,(H2,20,25)(H,21,24)(H,22,23)/t14-/m0/s1. The van der Waals surface area contributed by atoms with Crippen LogP contribution in [0.1, 0.15) is 31.2 Å². The summed E-state index contributed by atoms with van der Waals surface area (Å²) in [5.74, 6) is -1.04. The number of primary amides is 1. The predicted octanol–water partition coefficient (Wildman–Crippen LogP) is 1.97. The van der Waals surface area contributed by atoms with Crippen LogP contribution in [0.25, 0.3) is 0 Å². The molecule has 0 bridgehead atoms. The van der Waals surface area contributed by atoms with Gasteiger partial charge in [0.1, 0.15) is 6.04 Å². The third kappa shape index (κ3) is 11.3. The van der Waals surface area contributed by atoms with Crippen molar-refractivity contribution in [2.45, 2.75) is 38.1 Å². The molecule has 1 aromatic carbocycles. The zero-order valence-corrected chi connectivity index (χ0v) is 16.5. The Labute approximate surface area is 167 Å². The van der Waals surface area contributed by atoms with Gasteiger partial charge in [-0.25, -0.2) is 0 Å². The van der Waals surface area contributed by atoms with Crippen molar-refractivity contribution in [3.8, 4) is 0 Å². The first kappa shape index (κ1) is 23.0. The number of nitrogens with one attached hydrogen (secondary N) is 2. The van der Waals surface area contributed by atoms with Crippen molar-refractivity contribution in [1.82, 2.24) is 10.6 Å². The van der Waals surface area contributed by atoms with Crippen LogP contribution in [0, 0.1) is 0 Å². The lowest BCUT2D eigenvalue weighted by atomic mass is 10.1. The monoisotopic (exact) mass is 413 g/mol. The van der Waals surface area contributed by atoms with E-state index in [-0.39, 0.29) is 24.0 Å². The number of hydrogen-bond acceptors (Lipinski definition) is 5. The fourth-order valence-electron chi connectivity index (χ4n) is 2.33. The summed E-state index contributed by atoms with van der Waals surface area (Å²) >= 11 is 5.88. The molecule has 0 aliphatic heterocycles. The number of unbranched alkanes of at least 4 members (excludes halogenated alkanes) is 2. The number of nitrogens with two attached hydrogens (primary N) is 1. The molecule has 0 heterocycles. The van der Waals surface area contributed by atoms with Crippen LogP contribution in [0.4, 0.5) is 4.79 Å². The van der Waals surface area contributed by atoms with E-state index in [9.17, 15) is 19.2 Å². The molecular weight excluding hydrogens is 390 g/mol. The molecule has 9 heteroatoms. The third-order valence-corrected chi connectivity index (χ3v) is 4.64. The first-order valence-corrected chi connectivity index (χ1v) is 9.96. The first-order valence-electron chi connectivity index (χ1n) is 8.60. The largest absolute Gasteiger partial charge is 0.368 e. The minimum Gasteiger partial charge on any atom is -0.368 e. The molecule has 0 aromatic heterocycles. The van der Waals surface area contributed by atoms with Crippen molar-refractivity contribution in [3.05, 3.63) is 35.9 Å². The number of hydrogen-bond donors (Lipinski definition) is 3. The number of thioether (sulfide) groups is 1. The fourth-order valence-corrected chi connectivity index (χ4v) is 2.84. The van der Waals surface area contributed by atoms with Gasteiger partial charge in [0, 0.05) is 19.4 Å². The van der Waals surface area contributed by atoms with E-state index in [4.69, 9.17) is 17.3 Å². The van der Waals surface area contributed by atoms with Crippen LogP contribution in [0.3, 0.4) is 0 Å². The topological polar surface area (TPSA) is 118 Å². The van der Waals surface area contributed by atoms with Crippen molar-refractivity contribution >= 4 is 45.7 Å².